The van der Waals surface area contributed by atoms with Gasteiger partial charge < -0.3 is 10.6 Å². The van der Waals surface area contributed by atoms with Crippen molar-refractivity contribution in [1.82, 2.24) is 9.97 Å². The lowest BCUT2D eigenvalue weighted by atomic mass is 9.84. The number of aryl methyl sites for hydroxylation is 1. The first-order valence-electron chi connectivity index (χ1n) is 8.05. The van der Waals surface area contributed by atoms with Gasteiger partial charge in [0.15, 0.2) is 0 Å². The average molecular weight is 276 g/mol. The predicted octanol–water partition coefficient (Wildman–Crippen LogP) is 3.99. The molecule has 1 aromatic rings. The SMILES string of the molecule is CCCNc1nc(C)cc(NC(C)C2CCCCC2)n1. The predicted molar refractivity (Wildman–Crippen MR) is 85.2 cm³/mol. The van der Waals surface area contributed by atoms with Crippen LogP contribution in [0.2, 0.25) is 0 Å². The number of anilines is 2. The van der Waals surface area contributed by atoms with E-state index < -0.39 is 0 Å². The van der Waals surface area contributed by atoms with E-state index in [2.05, 4.69) is 34.4 Å². The molecule has 4 nitrogen and oxygen atoms in total. The van der Waals surface area contributed by atoms with Gasteiger partial charge in [0.05, 0.1) is 0 Å². The van der Waals surface area contributed by atoms with Crippen molar-refractivity contribution >= 4 is 11.8 Å². The second-order valence-electron chi connectivity index (χ2n) is 5.98. The van der Waals surface area contributed by atoms with Crippen LogP contribution < -0.4 is 10.6 Å². The molecule has 20 heavy (non-hydrogen) atoms. The van der Waals surface area contributed by atoms with Crippen molar-refractivity contribution in [2.75, 3.05) is 17.2 Å². The van der Waals surface area contributed by atoms with Crippen LogP contribution in [0, 0.1) is 12.8 Å². The monoisotopic (exact) mass is 276 g/mol. The molecular formula is C16H28N4. The van der Waals surface area contributed by atoms with Crippen molar-refractivity contribution in [3.63, 3.8) is 0 Å². The van der Waals surface area contributed by atoms with Gasteiger partial charge in [-0.2, -0.15) is 4.98 Å². The molecule has 0 radical (unpaired) electrons. The van der Waals surface area contributed by atoms with Crippen molar-refractivity contribution in [1.29, 1.82) is 0 Å². The summed E-state index contributed by atoms with van der Waals surface area (Å²) in [7, 11) is 0. The maximum Gasteiger partial charge on any atom is 0.224 e. The topological polar surface area (TPSA) is 49.8 Å². The highest BCUT2D eigenvalue weighted by Gasteiger charge is 2.20. The molecule has 1 fully saturated rings. The second-order valence-corrected chi connectivity index (χ2v) is 5.98. The molecule has 1 aliphatic carbocycles. The fourth-order valence-electron chi connectivity index (χ4n) is 2.94. The summed E-state index contributed by atoms with van der Waals surface area (Å²) in [4.78, 5) is 9.00. The minimum Gasteiger partial charge on any atom is -0.367 e. The summed E-state index contributed by atoms with van der Waals surface area (Å²) in [5.41, 5.74) is 1.01. The molecule has 1 aliphatic rings. The summed E-state index contributed by atoms with van der Waals surface area (Å²) >= 11 is 0. The zero-order valence-electron chi connectivity index (χ0n) is 13.1. The Bertz CT molecular complexity index is 413. The smallest absolute Gasteiger partial charge is 0.224 e. The minimum atomic E-state index is 0.489. The molecule has 2 rings (SSSR count). The van der Waals surface area contributed by atoms with Gasteiger partial charge in [0.2, 0.25) is 5.95 Å². The highest BCUT2D eigenvalue weighted by Crippen LogP contribution is 2.27. The summed E-state index contributed by atoms with van der Waals surface area (Å²) in [6, 6.07) is 2.53. The quantitative estimate of drug-likeness (QED) is 0.825. The second kappa shape index (κ2) is 7.46. The maximum absolute atomic E-state index is 4.57. The molecule has 0 bridgehead atoms. The Hall–Kier alpha value is -1.32. The number of aromatic nitrogens is 2. The average Bonchev–Trinajstić information content (AvgIpc) is 2.45. The van der Waals surface area contributed by atoms with Crippen molar-refractivity contribution < 1.29 is 0 Å². The fraction of sp³-hybridized carbons (Fsp3) is 0.750. The van der Waals surface area contributed by atoms with E-state index in [-0.39, 0.29) is 0 Å². The Morgan fingerprint density at radius 3 is 2.70 bits per heavy atom. The van der Waals surface area contributed by atoms with Crippen LogP contribution >= 0.6 is 0 Å². The van der Waals surface area contributed by atoms with Gasteiger partial charge in [0.25, 0.3) is 0 Å². The van der Waals surface area contributed by atoms with Crippen molar-refractivity contribution in [2.45, 2.75) is 65.3 Å². The van der Waals surface area contributed by atoms with E-state index >= 15 is 0 Å². The standard InChI is InChI=1S/C16H28N4/c1-4-10-17-16-18-12(2)11-15(20-16)19-13(3)14-8-6-5-7-9-14/h11,13-14H,4-10H2,1-3H3,(H2,17,18,19,20). The molecule has 0 saturated heterocycles. The van der Waals surface area contributed by atoms with E-state index in [1.54, 1.807) is 0 Å². The third kappa shape index (κ3) is 4.36. The first kappa shape index (κ1) is 15.1. The van der Waals surface area contributed by atoms with Gasteiger partial charge in [-0.1, -0.05) is 26.2 Å². The van der Waals surface area contributed by atoms with Gasteiger partial charge in [-0.05, 0) is 39.0 Å². The summed E-state index contributed by atoms with van der Waals surface area (Å²) in [5, 5.41) is 6.84. The molecular weight excluding hydrogens is 248 g/mol. The van der Waals surface area contributed by atoms with Crippen LogP contribution in [0.1, 0.15) is 58.1 Å². The van der Waals surface area contributed by atoms with Crippen LogP contribution in [0.4, 0.5) is 11.8 Å². The Morgan fingerprint density at radius 2 is 2.00 bits per heavy atom. The third-order valence-corrected chi connectivity index (χ3v) is 4.12. The number of nitrogens with one attached hydrogen (secondary N) is 2. The van der Waals surface area contributed by atoms with Crippen LogP contribution in [0.3, 0.4) is 0 Å². The lowest BCUT2D eigenvalue weighted by molar-refractivity contribution is 0.328. The summed E-state index contributed by atoms with van der Waals surface area (Å²) < 4.78 is 0. The highest BCUT2D eigenvalue weighted by molar-refractivity contribution is 5.42. The molecule has 1 aromatic heterocycles. The van der Waals surface area contributed by atoms with E-state index in [0.29, 0.717) is 6.04 Å². The highest BCUT2D eigenvalue weighted by atomic mass is 15.1. The number of hydrogen-bond donors (Lipinski definition) is 2. The van der Waals surface area contributed by atoms with Gasteiger partial charge in [0, 0.05) is 24.3 Å². The third-order valence-electron chi connectivity index (χ3n) is 4.12. The fourth-order valence-corrected chi connectivity index (χ4v) is 2.94. The molecule has 112 valence electrons. The lowest BCUT2D eigenvalue weighted by Gasteiger charge is -2.28. The number of rotatable bonds is 6. The zero-order chi connectivity index (χ0) is 14.4. The first-order chi connectivity index (χ1) is 9.69. The van der Waals surface area contributed by atoms with Crippen LogP contribution in [0.25, 0.3) is 0 Å². The van der Waals surface area contributed by atoms with Gasteiger partial charge in [-0.15, -0.1) is 0 Å². The van der Waals surface area contributed by atoms with E-state index in [1.165, 1.54) is 32.1 Å². The molecule has 1 saturated carbocycles. The van der Waals surface area contributed by atoms with Crippen LogP contribution in [0.5, 0.6) is 0 Å². The minimum absolute atomic E-state index is 0.489. The Kier molecular flexibility index (Phi) is 5.62. The van der Waals surface area contributed by atoms with E-state index in [0.717, 1.165) is 36.3 Å². The van der Waals surface area contributed by atoms with Crippen LogP contribution in [0.15, 0.2) is 6.07 Å². The molecule has 1 unspecified atom stereocenters. The molecule has 4 heteroatoms. The molecule has 0 spiro atoms. The Balaban J connectivity index is 1.98. The van der Waals surface area contributed by atoms with E-state index in [4.69, 9.17) is 0 Å². The Labute approximate surface area is 122 Å². The molecule has 1 atom stereocenters. The largest absolute Gasteiger partial charge is 0.367 e. The van der Waals surface area contributed by atoms with Crippen LogP contribution in [-0.4, -0.2) is 22.6 Å². The van der Waals surface area contributed by atoms with Gasteiger partial charge in [-0.3, -0.25) is 0 Å². The molecule has 0 amide bonds. The van der Waals surface area contributed by atoms with Gasteiger partial charge >= 0.3 is 0 Å². The zero-order valence-corrected chi connectivity index (χ0v) is 13.1. The van der Waals surface area contributed by atoms with Crippen molar-refractivity contribution in [3.8, 4) is 0 Å². The summed E-state index contributed by atoms with van der Waals surface area (Å²) in [6.07, 6.45) is 7.93. The summed E-state index contributed by atoms with van der Waals surface area (Å²) in [6.45, 7) is 7.37. The van der Waals surface area contributed by atoms with Gasteiger partial charge in [0.1, 0.15) is 5.82 Å². The van der Waals surface area contributed by atoms with E-state index in [1.807, 2.05) is 13.0 Å². The van der Waals surface area contributed by atoms with Crippen molar-refractivity contribution in [2.24, 2.45) is 5.92 Å². The van der Waals surface area contributed by atoms with Gasteiger partial charge in [-0.25, -0.2) is 4.98 Å². The summed E-state index contributed by atoms with van der Waals surface area (Å²) in [5.74, 6) is 2.48. The molecule has 1 heterocycles. The maximum atomic E-state index is 4.57. The molecule has 0 aromatic carbocycles. The van der Waals surface area contributed by atoms with E-state index in [9.17, 15) is 0 Å². The number of nitrogens with zero attached hydrogens (tertiary/aromatic N) is 2. The lowest BCUT2D eigenvalue weighted by Crippen LogP contribution is -2.28. The molecule has 2 N–H and O–H groups in total. The molecule has 0 aliphatic heterocycles. The first-order valence-corrected chi connectivity index (χ1v) is 8.05. The number of hydrogen-bond acceptors (Lipinski definition) is 4. The van der Waals surface area contributed by atoms with Crippen LogP contribution in [-0.2, 0) is 0 Å². The normalized spacial score (nSPS) is 17.8. The Morgan fingerprint density at radius 1 is 1.25 bits per heavy atom. The van der Waals surface area contributed by atoms with Crippen molar-refractivity contribution in [3.05, 3.63) is 11.8 Å².